The minimum Gasteiger partial charge on any atom is -0.326 e. The number of aromatic amines is 1. The predicted octanol–water partition coefficient (Wildman–Crippen LogP) is 0.919. The van der Waals surface area contributed by atoms with Crippen LogP contribution < -0.4 is 15.6 Å². The number of hydrogen-bond donors (Lipinski definition) is 3. The first kappa shape index (κ1) is 15.7. The molecule has 116 valence electrons. The first-order valence-electron chi connectivity index (χ1n) is 6.39. The quantitative estimate of drug-likeness (QED) is 0.756. The number of carbonyl (C=O) groups excluding carboxylic acids is 1. The summed E-state index contributed by atoms with van der Waals surface area (Å²) in [5.41, 5.74) is 0.0759. The number of anilines is 2. The third-order valence-corrected chi connectivity index (χ3v) is 4.06. The lowest BCUT2D eigenvalue weighted by atomic mass is 10.3. The average molecular weight is 322 g/mol. The van der Waals surface area contributed by atoms with Crippen molar-refractivity contribution in [3.05, 3.63) is 46.8 Å². The molecule has 0 saturated heterocycles. The van der Waals surface area contributed by atoms with Crippen molar-refractivity contribution < 1.29 is 13.2 Å². The van der Waals surface area contributed by atoms with E-state index in [9.17, 15) is 18.0 Å². The van der Waals surface area contributed by atoms with Crippen LogP contribution in [0, 0.1) is 0 Å². The van der Waals surface area contributed by atoms with Crippen LogP contribution in [0.1, 0.15) is 13.3 Å². The van der Waals surface area contributed by atoms with Crippen molar-refractivity contribution in [3.8, 4) is 0 Å². The lowest BCUT2D eigenvalue weighted by Crippen LogP contribution is -2.16. The van der Waals surface area contributed by atoms with Crippen molar-refractivity contribution in [3.63, 3.8) is 0 Å². The summed E-state index contributed by atoms with van der Waals surface area (Å²) in [6, 6.07) is 8.11. The molecule has 0 aliphatic heterocycles. The Bertz CT molecular complexity index is 807. The maximum atomic E-state index is 12.1. The van der Waals surface area contributed by atoms with Gasteiger partial charge in [0.2, 0.25) is 5.91 Å². The number of aromatic nitrogens is 2. The summed E-state index contributed by atoms with van der Waals surface area (Å²) >= 11 is 0. The fourth-order valence-electron chi connectivity index (χ4n) is 1.56. The molecule has 0 spiro atoms. The van der Waals surface area contributed by atoms with E-state index in [1.165, 1.54) is 30.3 Å². The summed E-state index contributed by atoms with van der Waals surface area (Å²) in [7, 11) is -3.82. The molecule has 1 aromatic heterocycles. The van der Waals surface area contributed by atoms with Crippen LogP contribution in [0.5, 0.6) is 0 Å². The van der Waals surface area contributed by atoms with Gasteiger partial charge in [0.05, 0.1) is 4.90 Å². The highest BCUT2D eigenvalue weighted by Crippen LogP contribution is 2.16. The molecule has 9 heteroatoms. The number of rotatable bonds is 5. The van der Waals surface area contributed by atoms with Gasteiger partial charge in [0.15, 0.2) is 5.82 Å². The van der Waals surface area contributed by atoms with E-state index >= 15 is 0 Å². The van der Waals surface area contributed by atoms with E-state index in [2.05, 4.69) is 20.2 Å². The highest BCUT2D eigenvalue weighted by molar-refractivity contribution is 7.92. The molecule has 8 nitrogen and oxygen atoms in total. The van der Waals surface area contributed by atoms with E-state index in [1.54, 1.807) is 6.92 Å². The Morgan fingerprint density at radius 2 is 1.86 bits per heavy atom. The second-order valence-corrected chi connectivity index (χ2v) is 6.02. The minimum atomic E-state index is -3.82. The smallest absolute Gasteiger partial charge is 0.264 e. The molecule has 0 aliphatic rings. The summed E-state index contributed by atoms with van der Waals surface area (Å²) in [6.45, 7) is 1.72. The number of nitrogens with zero attached hydrogens (tertiary/aromatic N) is 1. The molecule has 3 N–H and O–H groups in total. The second kappa shape index (κ2) is 6.39. The summed E-state index contributed by atoms with van der Waals surface area (Å²) in [6.07, 6.45) is 0.333. The number of sulfonamides is 1. The topological polar surface area (TPSA) is 121 Å². The summed E-state index contributed by atoms with van der Waals surface area (Å²) < 4.78 is 26.5. The molecule has 2 rings (SSSR count). The van der Waals surface area contributed by atoms with Crippen LogP contribution in [-0.2, 0) is 14.8 Å². The number of nitrogens with one attached hydrogen (secondary N) is 3. The molecule has 2 aromatic rings. The van der Waals surface area contributed by atoms with Crippen LogP contribution >= 0.6 is 0 Å². The highest BCUT2D eigenvalue weighted by Gasteiger charge is 2.15. The predicted molar refractivity (Wildman–Crippen MR) is 81.0 cm³/mol. The minimum absolute atomic E-state index is 0.00274. The van der Waals surface area contributed by atoms with Crippen LogP contribution in [0.2, 0.25) is 0 Å². The molecule has 22 heavy (non-hydrogen) atoms. The van der Waals surface area contributed by atoms with Gasteiger partial charge in [-0.05, 0) is 30.3 Å². The van der Waals surface area contributed by atoms with Crippen molar-refractivity contribution in [2.24, 2.45) is 0 Å². The molecule has 0 unspecified atom stereocenters. The highest BCUT2D eigenvalue weighted by atomic mass is 32.2. The zero-order valence-electron chi connectivity index (χ0n) is 11.7. The van der Waals surface area contributed by atoms with E-state index in [0.717, 1.165) is 6.07 Å². The van der Waals surface area contributed by atoms with Gasteiger partial charge in [-0.3, -0.25) is 14.3 Å². The van der Waals surface area contributed by atoms with E-state index in [0.29, 0.717) is 12.1 Å². The monoisotopic (exact) mass is 322 g/mol. The lowest BCUT2D eigenvalue weighted by Gasteiger charge is -2.08. The molecule has 0 saturated carbocycles. The maximum Gasteiger partial charge on any atom is 0.264 e. The van der Waals surface area contributed by atoms with E-state index in [-0.39, 0.29) is 16.6 Å². The third kappa shape index (κ3) is 3.92. The average Bonchev–Trinajstić information content (AvgIpc) is 2.50. The molecular formula is C13H14N4O4S. The van der Waals surface area contributed by atoms with E-state index < -0.39 is 15.6 Å². The van der Waals surface area contributed by atoms with Gasteiger partial charge in [0.1, 0.15) is 0 Å². The van der Waals surface area contributed by atoms with Crippen molar-refractivity contribution in [2.45, 2.75) is 18.2 Å². The van der Waals surface area contributed by atoms with Gasteiger partial charge in [-0.15, -0.1) is 0 Å². The van der Waals surface area contributed by atoms with Crippen molar-refractivity contribution in [2.75, 3.05) is 10.0 Å². The van der Waals surface area contributed by atoms with Gasteiger partial charge in [0.25, 0.3) is 15.6 Å². The number of carbonyl (C=O) groups is 1. The van der Waals surface area contributed by atoms with Gasteiger partial charge in [-0.25, -0.2) is 13.5 Å². The Morgan fingerprint density at radius 3 is 2.41 bits per heavy atom. The van der Waals surface area contributed by atoms with Gasteiger partial charge in [-0.2, -0.15) is 5.10 Å². The first-order valence-corrected chi connectivity index (χ1v) is 7.87. The van der Waals surface area contributed by atoms with E-state index in [1.807, 2.05) is 0 Å². The largest absolute Gasteiger partial charge is 0.326 e. The fourth-order valence-corrected chi connectivity index (χ4v) is 2.57. The molecule has 1 heterocycles. The Balaban J connectivity index is 2.17. The van der Waals surface area contributed by atoms with Gasteiger partial charge in [0, 0.05) is 18.2 Å². The maximum absolute atomic E-state index is 12.1. The summed E-state index contributed by atoms with van der Waals surface area (Å²) in [5.74, 6) is -0.158. The molecule has 0 fully saturated rings. The number of amides is 1. The molecular weight excluding hydrogens is 308 g/mol. The Kier molecular flexibility index (Phi) is 4.56. The van der Waals surface area contributed by atoms with E-state index in [4.69, 9.17) is 0 Å². The van der Waals surface area contributed by atoms with Gasteiger partial charge >= 0.3 is 0 Å². The summed E-state index contributed by atoms with van der Waals surface area (Å²) in [4.78, 5) is 22.1. The standard InChI is InChI=1S/C13H14N4O4S/c1-2-12(18)14-9-3-5-10(6-4-9)22(20,21)17-11-7-8-13(19)16-15-11/h3-8H,2H2,1H3,(H,14,18)(H,15,17)(H,16,19). The van der Waals surface area contributed by atoms with Crippen molar-refractivity contribution >= 4 is 27.4 Å². The Labute approximate surface area is 126 Å². The molecule has 1 aromatic carbocycles. The molecule has 0 bridgehead atoms. The fraction of sp³-hybridized carbons (Fsp3) is 0.154. The Hall–Kier alpha value is -2.68. The number of H-pyrrole nitrogens is 1. The van der Waals surface area contributed by atoms with Crippen molar-refractivity contribution in [1.82, 2.24) is 10.2 Å². The van der Waals surface area contributed by atoms with Crippen LogP contribution in [0.3, 0.4) is 0 Å². The SMILES string of the molecule is CCC(=O)Nc1ccc(S(=O)(=O)Nc2ccc(=O)[nH]n2)cc1. The van der Waals surface area contributed by atoms with Crippen LogP contribution in [0.4, 0.5) is 11.5 Å². The molecule has 0 radical (unpaired) electrons. The normalized spacial score (nSPS) is 11.0. The van der Waals surface area contributed by atoms with Crippen LogP contribution in [0.25, 0.3) is 0 Å². The Morgan fingerprint density at radius 1 is 1.18 bits per heavy atom. The lowest BCUT2D eigenvalue weighted by molar-refractivity contribution is -0.115. The number of benzene rings is 1. The van der Waals surface area contributed by atoms with Gasteiger partial charge < -0.3 is 5.32 Å². The zero-order chi connectivity index (χ0) is 16.2. The van der Waals surface area contributed by atoms with Crippen molar-refractivity contribution in [1.29, 1.82) is 0 Å². The van der Waals surface area contributed by atoms with Crippen LogP contribution in [0.15, 0.2) is 46.1 Å². The third-order valence-electron chi connectivity index (χ3n) is 2.69. The molecule has 0 aliphatic carbocycles. The summed E-state index contributed by atoms with van der Waals surface area (Å²) in [5, 5.41) is 8.32. The first-order chi connectivity index (χ1) is 10.4. The second-order valence-electron chi connectivity index (χ2n) is 4.34. The van der Waals surface area contributed by atoms with Crippen LogP contribution in [-0.4, -0.2) is 24.5 Å². The number of hydrogen-bond acceptors (Lipinski definition) is 5. The van der Waals surface area contributed by atoms with Gasteiger partial charge in [-0.1, -0.05) is 6.92 Å². The zero-order valence-corrected chi connectivity index (χ0v) is 12.5. The molecule has 1 amide bonds. The molecule has 0 atom stereocenters.